The summed E-state index contributed by atoms with van der Waals surface area (Å²) in [6, 6.07) is 16.7. The Morgan fingerprint density at radius 1 is 0.875 bits per heavy atom. The van der Waals surface area contributed by atoms with Crippen molar-refractivity contribution in [2.45, 2.75) is 0 Å². The Kier molecular flexibility index (Phi) is 4.81. The van der Waals surface area contributed by atoms with Crippen LogP contribution < -0.4 is 4.90 Å². The first-order valence-electron chi connectivity index (χ1n) is 7.59. The topological polar surface area (TPSA) is 84.8 Å². The van der Waals surface area contributed by atoms with Crippen molar-refractivity contribution in [2.75, 3.05) is 31.2 Å². The minimum atomic E-state index is 0.305. The predicted octanol–water partition coefficient (Wildman–Crippen LogP) is 3.68. The van der Waals surface area contributed by atoms with Crippen molar-refractivity contribution in [3.05, 3.63) is 53.6 Å². The van der Waals surface area contributed by atoms with Crippen molar-refractivity contribution in [3.63, 3.8) is 0 Å². The van der Waals surface area contributed by atoms with E-state index < -0.39 is 0 Å². The molecule has 1 fully saturated rings. The molecule has 1 heterocycles. The first kappa shape index (κ1) is 15.7. The molecule has 1 aliphatic heterocycles. The maximum Gasteiger partial charge on any atom is 0.121 e. The molecule has 1 aliphatic rings. The smallest absolute Gasteiger partial charge is 0.121 e. The molecule has 0 aliphatic carbocycles. The molecular weight excluding hydrogens is 302 g/mol. The molecule has 0 bridgehead atoms. The zero-order valence-corrected chi connectivity index (χ0v) is 13.0. The zero-order chi connectivity index (χ0) is 16.8. The number of azo groups is 1. The van der Waals surface area contributed by atoms with E-state index in [0.29, 0.717) is 22.5 Å². The maximum absolute atomic E-state index is 9.14. The van der Waals surface area contributed by atoms with Gasteiger partial charge in [-0.15, -0.1) is 5.11 Å². The van der Waals surface area contributed by atoms with Gasteiger partial charge in [0.1, 0.15) is 17.8 Å². The highest BCUT2D eigenvalue weighted by Crippen LogP contribution is 2.27. The van der Waals surface area contributed by atoms with Crippen molar-refractivity contribution in [2.24, 2.45) is 10.2 Å². The SMILES string of the molecule is N#Cc1cccc(C#N)c1N=Nc1ccc(N2CCOCC2)cc1. The van der Waals surface area contributed by atoms with Gasteiger partial charge in [-0.2, -0.15) is 15.6 Å². The van der Waals surface area contributed by atoms with Gasteiger partial charge in [-0.25, -0.2) is 0 Å². The number of ether oxygens (including phenoxy) is 1. The van der Waals surface area contributed by atoms with E-state index in [9.17, 15) is 0 Å². The number of benzene rings is 2. The van der Waals surface area contributed by atoms with Crippen LogP contribution in [0.1, 0.15) is 11.1 Å². The lowest BCUT2D eigenvalue weighted by Crippen LogP contribution is -2.36. The van der Waals surface area contributed by atoms with Gasteiger partial charge in [0.25, 0.3) is 0 Å². The van der Waals surface area contributed by atoms with Crippen LogP contribution in [0.3, 0.4) is 0 Å². The van der Waals surface area contributed by atoms with Gasteiger partial charge in [0.05, 0.1) is 30.0 Å². The van der Waals surface area contributed by atoms with Crippen LogP contribution in [0.2, 0.25) is 0 Å². The first-order chi connectivity index (χ1) is 11.8. The molecular formula is C18H15N5O. The molecule has 3 rings (SSSR count). The Bertz CT molecular complexity index is 792. The largest absolute Gasteiger partial charge is 0.378 e. The van der Waals surface area contributed by atoms with E-state index in [0.717, 1.165) is 32.0 Å². The molecule has 2 aromatic carbocycles. The lowest BCUT2D eigenvalue weighted by atomic mass is 10.1. The number of nitriles is 2. The second-order valence-electron chi connectivity index (χ2n) is 5.24. The van der Waals surface area contributed by atoms with Crippen molar-refractivity contribution in [1.82, 2.24) is 0 Å². The van der Waals surface area contributed by atoms with Gasteiger partial charge in [-0.05, 0) is 36.4 Å². The van der Waals surface area contributed by atoms with E-state index in [1.807, 2.05) is 36.4 Å². The van der Waals surface area contributed by atoms with E-state index in [2.05, 4.69) is 15.1 Å². The minimum Gasteiger partial charge on any atom is -0.378 e. The average Bonchev–Trinajstić information content (AvgIpc) is 2.67. The van der Waals surface area contributed by atoms with Gasteiger partial charge in [-0.3, -0.25) is 0 Å². The van der Waals surface area contributed by atoms with Gasteiger partial charge in [0, 0.05) is 18.8 Å². The molecule has 0 N–H and O–H groups in total. The fourth-order valence-electron chi connectivity index (χ4n) is 2.49. The Labute approximate surface area is 140 Å². The van der Waals surface area contributed by atoms with E-state index in [4.69, 9.17) is 15.3 Å². The molecule has 0 saturated carbocycles. The third kappa shape index (κ3) is 3.40. The van der Waals surface area contributed by atoms with E-state index >= 15 is 0 Å². The van der Waals surface area contributed by atoms with Gasteiger partial charge < -0.3 is 9.64 Å². The molecule has 118 valence electrons. The second-order valence-corrected chi connectivity index (χ2v) is 5.24. The lowest BCUT2D eigenvalue weighted by Gasteiger charge is -2.28. The lowest BCUT2D eigenvalue weighted by molar-refractivity contribution is 0.122. The fourth-order valence-corrected chi connectivity index (χ4v) is 2.49. The van der Waals surface area contributed by atoms with E-state index in [-0.39, 0.29) is 0 Å². The predicted molar refractivity (Wildman–Crippen MR) is 89.5 cm³/mol. The summed E-state index contributed by atoms with van der Waals surface area (Å²) in [5, 5.41) is 26.5. The zero-order valence-electron chi connectivity index (χ0n) is 13.0. The Balaban J connectivity index is 1.81. The van der Waals surface area contributed by atoms with Crippen LogP contribution in [-0.2, 0) is 4.74 Å². The summed E-state index contributed by atoms with van der Waals surface area (Å²) in [6.07, 6.45) is 0. The molecule has 6 nitrogen and oxygen atoms in total. The van der Waals surface area contributed by atoms with E-state index in [1.54, 1.807) is 18.2 Å². The Morgan fingerprint density at radius 2 is 1.50 bits per heavy atom. The van der Waals surface area contributed by atoms with Gasteiger partial charge in [-0.1, -0.05) is 6.07 Å². The van der Waals surface area contributed by atoms with Crippen molar-refractivity contribution in [3.8, 4) is 12.1 Å². The quantitative estimate of drug-likeness (QED) is 0.808. The number of anilines is 1. The summed E-state index contributed by atoms with van der Waals surface area (Å²) in [7, 11) is 0. The summed E-state index contributed by atoms with van der Waals surface area (Å²) in [6.45, 7) is 3.23. The highest BCUT2D eigenvalue weighted by molar-refractivity contribution is 5.63. The molecule has 24 heavy (non-hydrogen) atoms. The summed E-state index contributed by atoms with van der Waals surface area (Å²) in [4.78, 5) is 2.25. The van der Waals surface area contributed by atoms with Crippen LogP contribution in [0.25, 0.3) is 0 Å². The van der Waals surface area contributed by atoms with Crippen LogP contribution in [0.5, 0.6) is 0 Å². The van der Waals surface area contributed by atoms with Crippen LogP contribution in [0, 0.1) is 22.7 Å². The Hall–Kier alpha value is -3.22. The van der Waals surface area contributed by atoms with Gasteiger partial charge >= 0.3 is 0 Å². The Morgan fingerprint density at radius 3 is 2.08 bits per heavy atom. The van der Waals surface area contributed by atoms with Crippen molar-refractivity contribution >= 4 is 17.1 Å². The molecule has 0 spiro atoms. The number of morpholine rings is 1. The summed E-state index contributed by atoms with van der Waals surface area (Å²) in [5.74, 6) is 0. The van der Waals surface area contributed by atoms with E-state index in [1.165, 1.54) is 0 Å². The first-order valence-corrected chi connectivity index (χ1v) is 7.59. The second kappa shape index (κ2) is 7.36. The molecule has 1 saturated heterocycles. The third-order valence-electron chi connectivity index (χ3n) is 3.77. The molecule has 6 heteroatoms. The highest BCUT2D eigenvalue weighted by Gasteiger charge is 2.11. The molecule has 0 unspecified atom stereocenters. The van der Waals surface area contributed by atoms with Gasteiger partial charge in [0.2, 0.25) is 0 Å². The van der Waals surface area contributed by atoms with Crippen LogP contribution in [0.4, 0.5) is 17.1 Å². The fraction of sp³-hybridized carbons (Fsp3) is 0.222. The molecule has 0 radical (unpaired) electrons. The van der Waals surface area contributed by atoms with Crippen LogP contribution in [0.15, 0.2) is 52.7 Å². The van der Waals surface area contributed by atoms with Gasteiger partial charge in [0.15, 0.2) is 0 Å². The number of nitrogens with zero attached hydrogens (tertiary/aromatic N) is 5. The summed E-state index contributed by atoms with van der Waals surface area (Å²) in [5.41, 5.74) is 2.77. The van der Waals surface area contributed by atoms with Crippen molar-refractivity contribution in [1.29, 1.82) is 10.5 Å². The molecule has 0 amide bonds. The maximum atomic E-state index is 9.14. The highest BCUT2D eigenvalue weighted by atomic mass is 16.5. The number of hydrogen-bond acceptors (Lipinski definition) is 6. The molecule has 2 aromatic rings. The average molecular weight is 317 g/mol. The summed E-state index contributed by atoms with van der Waals surface area (Å²) >= 11 is 0. The standard InChI is InChI=1S/C18H15N5O/c19-12-14-2-1-3-15(13-20)18(14)22-21-16-4-6-17(7-5-16)23-8-10-24-11-9-23/h1-7H,8-11H2. The number of hydrogen-bond donors (Lipinski definition) is 0. The normalized spacial score (nSPS) is 14.3. The van der Waals surface area contributed by atoms with Crippen LogP contribution in [-0.4, -0.2) is 26.3 Å². The number of rotatable bonds is 3. The summed E-state index contributed by atoms with van der Waals surface area (Å²) < 4.78 is 5.35. The molecule has 0 atom stereocenters. The minimum absolute atomic E-state index is 0.305. The van der Waals surface area contributed by atoms with Crippen molar-refractivity contribution < 1.29 is 4.74 Å². The monoisotopic (exact) mass is 317 g/mol. The molecule has 0 aromatic heterocycles. The third-order valence-corrected chi connectivity index (χ3v) is 3.77. The van der Waals surface area contributed by atoms with Crippen LogP contribution >= 0.6 is 0 Å².